The zero-order valence-corrected chi connectivity index (χ0v) is 15.4. The van der Waals surface area contributed by atoms with Crippen molar-refractivity contribution in [3.05, 3.63) is 0 Å². The molecule has 4 atom stereocenters. The van der Waals surface area contributed by atoms with Crippen molar-refractivity contribution in [3.8, 4) is 12.3 Å². The fourth-order valence-corrected chi connectivity index (χ4v) is 3.76. The average Bonchev–Trinajstić information content (AvgIpc) is 3.21. The molecule has 0 aromatic carbocycles. The third-order valence-electron chi connectivity index (χ3n) is 5.12. The Morgan fingerprint density at radius 3 is 2.58 bits per heavy atom. The van der Waals surface area contributed by atoms with Crippen molar-refractivity contribution in [1.29, 1.82) is 0 Å². The van der Waals surface area contributed by atoms with E-state index in [4.69, 9.17) is 20.6 Å². The standard InChI is InChI=1S/C18H25N3O5/c1-5-6-8-18(20-21-18)9-7-13(22)19-12-10-11(16(23)24-4)14-15(12)26-17(2,3)25-14/h1,11-12,14-15H,6-10H2,2-4H3,(H,19,22)/t11-,12+,14+,15-/m1/s1. The van der Waals surface area contributed by atoms with Crippen LogP contribution in [0.3, 0.4) is 0 Å². The van der Waals surface area contributed by atoms with E-state index < -0.39 is 23.5 Å². The van der Waals surface area contributed by atoms with Crippen LogP contribution in [0.1, 0.15) is 46.0 Å². The van der Waals surface area contributed by atoms with Gasteiger partial charge in [-0.15, -0.1) is 12.3 Å². The van der Waals surface area contributed by atoms with Crippen LogP contribution in [-0.4, -0.2) is 48.7 Å². The quantitative estimate of drug-likeness (QED) is 0.546. The second-order valence-corrected chi connectivity index (χ2v) is 7.49. The molecule has 2 fully saturated rings. The van der Waals surface area contributed by atoms with Crippen molar-refractivity contribution >= 4 is 11.9 Å². The van der Waals surface area contributed by atoms with Crippen LogP contribution in [0.4, 0.5) is 0 Å². The van der Waals surface area contributed by atoms with Crippen LogP contribution in [0.25, 0.3) is 0 Å². The normalized spacial score (nSPS) is 32.5. The molecule has 0 spiro atoms. The van der Waals surface area contributed by atoms with E-state index in [0.29, 0.717) is 32.1 Å². The first-order valence-electron chi connectivity index (χ1n) is 8.89. The molecule has 1 saturated heterocycles. The molecule has 0 unspecified atom stereocenters. The molecule has 1 aliphatic carbocycles. The van der Waals surface area contributed by atoms with Crippen molar-refractivity contribution in [2.45, 2.75) is 75.7 Å². The molecule has 0 bridgehead atoms. The summed E-state index contributed by atoms with van der Waals surface area (Å²) >= 11 is 0. The highest BCUT2D eigenvalue weighted by atomic mass is 16.8. The average molecular weight is 363 g/mol. The van der Waals surface area contributed by atoms with Gasteiger partial charge in [0.1, 0.15) is 12.2 Å². The summed E-state index contributed by atoms with van der Waals surface area (Å²) in [5.74, 6) is 0.856. The minimum atomic E-state index is -0.796. The number of ether oxygens (including phenoxy) is 3. The Hall–Kier alpha value is -1.98. The molecule has 1 amide bonds. The summed E-state index contributed by atoms with van der Waals surface area (Å²) in [5.41, 5.74) is -0.481. The zero-order chi connectivity index (χ0) is 18.9. The smallest absolute Gasteiger partial charge is 0.311 e. The summed E-state index contributed by atoms with van der Waals surface area (Å²) in [6.07, 6.45) is 6.99. The first-order chi connectivity index (χ1) is 12.3. The number of nitrogens with zero attached hydrogens (tertiary/aromatic N) is 2. The fraction of sp³-hybridized carbons (Fsp3) is 0.778. The molecular formula is C18H25N3O5. The van der Waals surface area contributed by atoms with Gasteiger partial charge in [-0.25, -0.2) is 0 Å². The van der Waals surface area contributed by atoms with E-state index in [1.165, 1.54) is 7.11 Å². The van der Waals surface area contributed by atoms with Crippen LogP contribution in [0, 0.1) is 18.3 Å². The lowest BCUT2D eigenvalue weighted by Gasteiger charge is -2.23. The van der Waals surface area contributed by atoms with E-state index in [-0.39, 0.29) is 24.0 Å². The van der Waals surface area contributed by atoms with Gasteiger partial charge in [-0.05, 0) is 20.3 Å². The van der Waals surface area contributed by atoms with E-state index in [1.54, 1.807) is 13.8 Å². The van der Waals surface area contributed by atoms with Crippen molar-refractivity contribution in [1.82, 2.24) is 5.32 Å². The predicted octanol–water partition coefficient (Wildman–Crippen LogP) is 1.54. The molecule has 142 valence electrons. The number of nitrogens with one attached hydrogen (secondary N) is 1. The van der Waals surface area contributed by atoms with E-state index in [2.05, 4.69) is 21.5 Å². The van der Waals surface area contributed by atoms with Crippen LogP contribution in [0.2, 0.25) is 0 Å². The number of fused-ring (bicyclic) bond motifs is 1. The highest BCUT2D eigenvalue weighted by Gasteiger charge is 2.57. The maximum absolute atomic E-state index is 12.4. The molecule has 1 saturated carbocycles. The number of terminal acetylenes is 1. The zero-order valence-electron chi connectivity index (χ0n) is 15.4. The molecular weight excluding hydrogens is 338 g/mol. The summed E-state index contributed by atoms with van der Waals surface area (Å²) < 4.78 is 16.7. The van der Waals surface area contributed by atoms with Crippen LogP contribution in [0.15, 0.2) is 10.2 Å². The Labute approximate surface area is 153 Å². The Morgan fingerprint density at radius 2 is 1.96 bits per heavy atom. The highest BCUT2D eigenvalue weighted by Crippen LogP contribution is 2.42. The van der Waals surface area contributed by atoms with Crippen molar-refractivity contribution in [2.24, 2.45) is 16.1 Å². The third kappa shape index (κ3) is 3.89. The molecule has 2 aliphatic heterocycles. The molecule has 2 heterocycles. The molecule has 3 aliphatic rings. The molecule has 1 N–H and O–H groups in total. The highest BCUT2D eigenvalue weighted by molar-refractivity contribution is 5.77. The van der Waals surface area contributed by atoms with Crippen LogP contribution in [0.5, 0.6) is 0 Å². The first kappa shape index (κ1) is 18.8. The largest absolute Gasteiger partial charge is 0.469 e. The third-order valence-corrected chi connectivity index (χ3v) is 5.12. The van der Waals surface area contributed by atoms with Gasteiger partial charge >= 0.3 is 5.97 Å². The molecule has 0 radical (unpaired) electrons. The number of hydrogen-bond donors (Lipinski definition) is 1. The monoisotopic (exact) mass is 363 g/mol. The van der Waals surface area contributed by atoms with Gasteiger partial charge in [-0.1, -0.05) is 0 Å². The summed E-state index contributed by atoms with van der Waals surface area (Å²) in [5, 5.41) is 11.1. The van der Waals surface area contributed by atoms with Gasteiger partial charge in [-0.3, -0.25) is 9.59 Å². The van der Waals surface area contributed by atoms with Crippen LogP contribution < -0.4 is 5.32 Å². The van der Waals surface area contributed by atoms with E-state index in [1.807, 2.05) is 0 Å². The lowest BCUT2D eigenvalue weighted by molar-refractivity contribution is -0.169. The lowest BCUT2D eigenvalue weighted by atomic mass is 10.0. The van der Waals surface area contributed by atoms with Gasteiger partial charge in [0.25, 0.3) is 0 Å². The molecule has 0 aromatic rings. The SMILES string of the molecule is C#CCCC1(CCC(=O)N[C@H]2C[C@@H](C(=O)OC)[C@@H]3OC(C)(C)O[C@@H]32)N=N1. The topological polar surface area (TPSA) is 98.6 Å². The number of carbonyl (C=O) groups is 2. The van der Waals surface area contributed by atoms with Gasteiger partial charge in [0.05, 0.1) is 19.1 Å². The summed E-state index contributed by atoms with van der Waals surface area (Å²) in [4.78, 5) is 24.4. The Kier molecular flexibility index (Phi) is 5.04. The number of esters is 1. The summed E-state index contributed by atoms with van der Waals surface area (Å²) in [6, 6.07) is -0.298. The Bertz CT molecular complexity index is 648. The van der Waals surface area contributed by atoms with Gasteiger partial charge in [-0.2, -0.15) is 10.2 Å². The van der Waals surface area contributed by atoms with Gasteiger partial charge < -0.3 is 19.5 Å². The predicted molar refractivity (Wildman–Crippen MR) is 90.8 cm³/mol. The molecule has 8 nitrogen and oxygen atoms in total. The maximum Gasteiger partial charge on any atom is 0.311 e. The van der Waals surface area contributed by atoms with Crippen LogP contribution >= 0.6 is 0 Å². The number of hydrogen-bond acceptors (Lipinski definition) is 7. The number of amides is 1. The van der Waals surface area contributed by atoms with E-state index >= 15 is 0 Å². The number of rotatable bonds is 7. The van der Waals surface area contributed by atoms with Gasteiger partial charge in [0.2, 0.25) is 5.91 Å². The number of carbonyl (C=O) groups excluding carboxylic acids is 2. The maximum atomic E-state index is 12.4. The Morgan fingerprint density at radius 1 is 1.27 bits per heavy atom. The van der Waals surface area contributed by atoms with Gasteiger partial charge in [0, 0.05) is 25.7 Å². The lowest BCUT2D eigenvalue weighted by Crippen LogP contribution is -2.43. The van der Waals surface area contributed by atoms with Crippen molar-refractivity contribution < 1.29 is 23.8 Å². The van der Waals surface area contributed by atoms with Gasteiger partial charge in [0.15, 0.2) is 11.4 Å². The van der Waals surface area contributed by atoms with E-state index in [0.717, 1.165) is 0 Å². The fourth-order valence-electron chi connectivity index (χ4n) is 3.76. The first-order valence-corrected chi connectivity index (χ1v) is 8.89. The summed E-state index contributed by atoms with van der Waals surface area (Å²) in [7, 11) is 1.35. The second kappa shape index (κ2) is 6.97. The molecule has 0 aromatic heterocycles. The molecule has 26 heavy (non-hydrogen) atoms. The molecule has 3 rings (SSSR count). The minimum absolute atomic E-state index is 0.120. The van der Waals surface area contributed by atoms with E-state index in [9.17, 15) is 9.59 Å². The minimum Gasteiger partial charge on any atom is -0.469 e. The number of methoxy groups -OCH3 is 1. The Balaban J connectivity index is 1.56. The van der Waals surface area contributed by atoms with Crippen molar-refractivity contribution in [3.63, 3.8) is 0 Å². The van der Waals surface area contributed by atoms with Crippen molar-refractivity contribution in [2.75, 3.05) is 7.11 Å². The second-order valence-electron chi connectivity index (χ2n) is 7.49. The molecule has 8 heteroatoms. The summed E-state index contributed by atoms with van der Waals surface area (Å²) in [6.45, 7) is 3.59. The van der Waals surface area contributed by atoms with Crippen LogP contribution in [-0.2, 0) is 23.8 Å².